The first-order valence-corrected chi connectivity index (χ1v) is 7.77. The van der Waals surface area contributed by atoms with Crippen LogP contribution < -0.4 is 0 Å². The van der Waals surface area contributed by atoms with Crippen molar-refractivity contribution in [3.8, 4) is 0 Å². The molecule has 0 N–H and O–H groups in total. The number of allylic oxidation sites excluding steroid dienone is 1. The number of pyridine rings is 1. The average molecular weight is 294 g/mol. The van der Waals surface area contributed by atoms with E-state index >= 15 is 0 Å². The van der Waals surface area contributed by atoms with Crippen molar-refractivity contribution in [2.45, 2.75) is 11.4 Å². The Hall–Kier alpha value is -1.28. The molecule has 0 unspecified atom stereocenters. The molecule has 0 aliphatic carbocycles. The molecule has 0 aliphatic heterocycles. The van der Waals surface area contributed by atoms with Crippen LogP contribution in [-0.4, -0.2) is 19.9 Å². The molecule has 0 radical (unpaired) electrons. The quantitative estimate of drug-likeness (QED) is 0.810. The van der Waals surface area contributed by atoms with Crippen LogP contribution in [0, 0.1) is 0 Å². The highest BCUT2D eigenvalue weighted by Gasteiger charge is 2.41. The van der Waals surface area contributed by atoms with Crippen LogP contribution in [0.4, 0.5) is 12.2 Å². The standard InChI is InChI=1S/C10H9F3N2OS2/c11-4-1-2-6-18(12,13,16)10-9-8(3-5-14-10)17-7-15-9/h1,3-5,7H,2,6H2. The van der Waals surface area contributed by atoms with Gasteiger partial charge in [-0.15, -0.1) is 19.1 Å². The molecule has 0 aliphatic rings. The molecule has 0 fully saturated rings. The Morgan fingerprint density at radius 3 is 2.89 bits per heavy atom. The summed E-state index contributed by atoms with van der Waals surface area (Å²) in [4.78, 5) is 7.28. The minimum absolute atomic E-state index is 0.0475. The summed E-state index contributed by atoms with van der Waals surface area (Å²) in [6.45, 7) is 0. The van der Waals surface area contributed by atoms with Gasteiger partial charge in [-0.3, -0.25) is 0 Å². The topological polar surface area (TPSA) is 42.9 Å². The van der Waals surface area contributed by atoms with Gasteiger partial charge >= 0.3 is 0 Å². The molecule has 0 bridgehead atoms. The minimum atomic E-state index is -6.09. The van der Waals surface area contributed by atoms with Gasteiger partial charge in [0.2, 0.25) is 9.84 Å². The number of hydrogen-bond acceptors (Lipinski definition) is 4. The van der Waals surface area contributed by atoms with E-state index in [1.54, 1.807) is 0 Å². The van der Waals surface area contributed by atoms with Gasteiger partial charge < -0.3 is 0 Å². The lowest BCUT2D eigenvalue weighted by Crippen LogP contribution is -2.26. The number of fused-ring (bicyclic) bond motifs is 1. The van der Waals surface area contributed by atoms with Crippen molar-refractivity contribution in [3.63, 3.8) is 0 Å². The second-order valence-corrected chi connectivity index (χ2v) is 7.06. The minimum Gasteiger partial charge on any atom is -0.242 e. The van der Waals surface area contributed by atoms with Crippen molar-refractivity contribution in [2.24, 2.45) is 0 Å². The Bertz CT molecular complexity index is 662. The van der Waals surface area contributed by atoms with Gasteiger partial charge in [-0.1, -0.05) is 6.08 Å². The predicted molar refractivity (Wildman–Crippen MR) is 65.8 cm³/mol. The van der Waals surface area contributed by atoms with Gasteiger partial charge in [0.05, 0.1) is 22.3 Å². The molecular weight excluding hydrogens is 285 g/mol. The first-order chi connectivity index (χ1) is 8.42. The molecule has 0 saturated heterocycles. The third-order valence-electron chi connectivity index (χ3n) is 2.29. The van der Waals surface area contributed by atoms with Gasteiger partial charge in [-0.05, 0) is 12.5 Å². The van der Waals surface area contributed by atoms with Crippen molar-refractivity contribution in [2.75, 3.05) is 5.75 Å². The Kier molecular flexibility index (Phi) is 3.24. The van der Waals surface area contributed by atoms with Crippen LogP contribution in [-0.2, 0) is 9.84 Å². The van der Waals surface area contributed by atoms with Gasteiger partial charge in [0.15, 0.2) is 5.03 Å². The van der Waals surface area contributed by atoms with E-state index in [-0.39, 0.29) is 18.3 Å². The van der Waals surface area contributed by atoms with E-state index in [1.165, 1.54) is 17.8 Å². The second kappa shape index (κ2) is 4.43. The van der Waals surface area contributed by atoms with Crippen LogP contribution >= 0.6 is 11.3 Å². The fraction of sp³-hybridized carbons (Fsp3) is 0.200. The summed E-state index contributed by atoms with van der Waals surface area (Å²) in [6, 6.07) is 1.53. The summed E-state index contributed by atoms with van der Waals surface area (Å²) in [5, 5.41) is -0.794. The third-order valence-corrected chi connectivity index (χ3v) is 5.02. The van der Waals surface area contributed by atoms with E-state index < -0.39 is 20.6 Å². The fourth-order valence-corrected chi connectivity index (χ4v) is 3.71. The number of halogens is 3. The predicted octanol–water partition coefficient (Wildman–Crippen LogP) is 3.51. The highest BCUT2D eigenvalue weighted by molar-refractivity contribution is 8.11. The summed E-state index contributed by atoms with van der Waals surface area (Å²) >= 11 is 1.16. The van der Waals surface area contributed by atoms with E-state index in [0.717, 1.165) is 17.4 Å². The lowest BCUT2D eigenvalue weighted by Gasteiger charge is -2.23. The van der Waals surface area contributed by atoms with E-state index in [1.807, 2.05) is 0 Å². The molecule has 0 saturated carbocycles. The number of thiazole rings is 1. The van der Waals surface area contributed by atoms with Crippen LogP contribution in [0.15, 0.2) is 35.2 Å². The molecule has 0 aromatic carbocycles. The molecule has 0 atom stereocenters. The Morgan fingerprint density at radius 2 is 2.17 bits per heavy atom. The largest absolute Gasteiger partial charge is 0.242 e. The van der Waals surface area contributed by atoms with Crippen LogP contribution in [0.3, 0.4) is 0 Å². The van der Waals surface area contributed by atoms with Crippen LogP contribution in [0.2, 0.25) is 0 Å². The summed E-state index contributed by atoms with van der Waals surface area (Å²) in [7, 11) is -6.09. The Morgan fingerprint density at radius 1 is 1.39 bits per heavy atom. The average Bonchev–Trinajstić information content (AvgIpc) is 2.75. The smallest absolute Gasteiger partial charge is 0.202 e. The van der Waals surface area contributed by atoms with Gasteiger partial charge in [0.25, 0.3) is 0 Å². The van der Waals surface area contributed by atoms with E-state index in [2.05, 4.69) is 9.97 Å². The van der Waals surface area contributed by atoms with E-state index in [0.29, 0.717) is 4.70 Å². The number of rotatable bonds is 4. The first kappa shape index (κ1) is 13.2. The molecule has 18 heavy (non-hydrogen) atoms. The lowest BCUT2D eigenvalue weighted by molar-refractivity contribution is 0.535. The number of nitrogens with zero attached hydrogens (tertiary/aromatic N) is 2. The molecule has 0 amide bonds. The van der Waals surface area contributed by atoms with Crippen molar-refractivity contribution >= 4 is 31.4 Å². The molecule has 3 nitrogen and oxygen atoms in total. The fourth-order valence-electron chi connectivity index (χ4n) is 1.47. The Labute approximate surface area is 105 Å². The molecule has 8 heteroatoms. The highest BCUT2D eigenvalue weighted by atomic mass is 32.3. The molecule has 2 rings (SSSR count). The molecule has 0 spiro atoms. The highest BCUT2D eigenvalue weighted by Crippen LogP contribution is 2.42. The zero-order valence-corrected chi connectivity index (χ0v) is 10.7. The van der Waals surface area contributed by atoms with Crippen molar-refractivity contribution in [1.29, 1.82) is 0 Å². The number of aromatic nitrogens is 2. The molecule has 98 valence electrons. The SMILES string of the molecule is O=S(F)(F)(CCC=CF)c1nccc2scnc12. The summed E-state index contributed by atoms with van der Waals surface area (Å²) in [6.07, 6.45) is 1.90. The third kappa shape index (κ3) is 2.44. The molecular formula is C10H9F3N2OS2. The van der Waals surface area contributed by atoms with Crippen molar-refractivity contribution < 1.29 is 16.4 Å². The number of hydrogen-bond donors (Lipinski definition) is 0. The summed E-state index contributed by atoms with van der Waals surface area (Å²) in [5.41, 5.74) is 1.34. The normalized spacial score (nSPS) is 14.9. The monoisotopic (exact) mass is 294 g/mol. The molecule has 2 aromatic heterocycles. The molecule has 2 heterocycles. The van der Waals surface area contributed by atoms with E-state index in [4.69, 9.17) is 0 Å². The van der Waals surface area contributed by atoms with Gasteiger partial charge in [-0.25, -0.2) is 18.6 Å². The van der Waals surface area contributed by atoms with Crippen molar-refractivity contribution in [3.05, 3.63) is 30.2 Å². The second-order valence-electron chi connectivity index (χ2n) is 3.57. The summed E-state index contributed by atoms with van der Waals surface area (Å²) in [5.74, 6) is -0.957. The van der Waals surface area contributed by atoms with Crippen LogP contribution in [0.25, 0.3) is 10.2 Å². The maximum Gasteiger partial charge on any atom is 0.202 e. The zero-order valence-electron chi connectivity index (χ0n) is 9.05. The molecule has 2 aromatic rings. The lowest BCUT2D eigenvalue weighted by atomic mass is 10.4. The van der Waals surface area contributed by atoms with Gasteiger partial charge in [0.1, 0.15) is 5.52 Å². The Balaban J connectivity index is 2.51. The van der Waals surface area contributed by atoms with E-state index in [9.17, 15) is 16.4 Å². The van der Waals surface area contributed by atoms with Crippen molar-refractivity contribution in [1.82, 2.24) is 9.97 Å². The van der Waals surface area contributed by atoms with Crippen LogP contribution in [0.1, 0.15) is 6.42 Å². The van der Waals surface area contributed by atoms with Gasteiger partial charge in [0, 0.05) is 6.20 Å². The maximum atomic E-state index is 14.1. The van der Waals surface area contributed by atoms with Crippen LogP contribution in [0.5, 0.6) is 0 Å². The zero-order chi connectivity index (χ0) is 13.3. The maximum absolute atomic E-state index is 14.1. The van der Waals surface area contributed by atoms with Gasteiger partial charge in [-0.2, -0.15) is 0 Å². The summed E-state index contributed by atoms with van der Waals surface area (Å²) < 4.78 is 52.2. The first-order valence-electron chi connectivity index (χ1n) is 4.95.